The van der Waals surface area contributed by atoms with Gasteiger partial charge in [0.15, 0.2) is 5.78 Å². The van der Waals surface area contributed by atoms with Crippen molar-refractivity contribution in [2.24, 2.45) is 0 Å². The molecular weight excluding hydrogens is 318 g/mol. The third-order valence-electron chi connectivity index (χ3n) is 3.85. The predicted molar refractivity (Wildman–Crippen MR) is 95.0 cm³/mol. The fraction of sp³-hybridized carbons (Fsp3) is 0.250. The van der Waals surface area contributed by atoms with Crippen LogP contribution >= 0.6 is 0 Å². The highest BCUT2D eigenvalue weighted by Crippen LogP contribution is 2.14. The first-order chi connectivity index (χ1) is 11.9. The molecule has 0 aliphatic rings. The number of benzene rings is 2. The van der Waals surface area contributed by atoms with E-state index in [1.165, 1.54) is 13.2 Å². The van der Waals surface area contributed by atoms with Gasteiger partial charge < -0.3 is 10.1 Å². The number of amides is 1. The molecule has 0 unspecified atom stereocenters. The molecule has 0 radical (unpaired) electrons. The second-order valence-corrected chi connectivity index (χ2v) is 5.95. The van der Waals surface area contributed by atoms with Gasteiger partial charge in [0, 0.05) is 11.1 Å². The van der Waals surface area contributed by atoms with E-state index >= 15 is 0 Å². The van der Waals surface area contributed by atoms with Crippen LogP contribution in [0, 0.1) is 0 Å². The van der Waals surface area contributed by atoms with Gasteiger partial charge in [-0.15, -0.1) is 0 Å². The molecule has 5 nitrogen and oxygen atoms in total. The van der Waals surface area contributed by atoms with Crippen molar-refractivity contribution in [2.75, 3.05) is 13.7 Å². The predicted octanol–water partition coefficient (Wildman–Crippen LogP) is 3.21. The number of ether oxygens (including phenoxy) is 1. The van der Waals surface area contributed by atoms with Crippen LogP contribution in [0.4, 0.5) is 0 Å². The minimum Gasteiger partial charge on any atom is -0.465 e. The number of esters is 1. The standard InChI is InChI=1S/C20H21NO4/c1-13(2)14-7-9-15(10-8-14)19(23)21-12-18(22)16-5-4-6-17(11-16)20(24)25-3/h4-11,13H,12H2,1-3H3,(H,21,23). The van der Waals surface area contributed by atoms with Crippen molar-refractivity contribution in [2.45, 2.75) is 19.8 Å². The molecule has 25 heavy (non-hydrogen) atoms. The summed E-state index contributed by atoms with van der Waals surface area (Å²) in [6.07, 6.45) is 0. The number of Topliss-reactive ketones (excluding diaryl/α,β-unsaturated/α-hetero) is 1. The summed E-state index contributed by atoms with van der Waals surface area (Å²) in [4.78, 5) is 35.9. The molecule has 0 aliphatic heterocycles. The van der Waals surface area contributed by atoms with Crippen molar-refractivity contribution in [3.63, 3.8) is 0 Å². The van der Waals surface area contributed by atoms with Gasteiger partial charge >= 0.3 is 5.97 Å². The summed E-state index contributed by atoms with van der Waals surface area (Å²) >= 11 is 0. The normalized spacial score (nSPS) is 10.4. The Bertz CT molecular complexity index is 779. The van der Waals surface area contributed by atoms with Gasteiger partial charge in [0.1, 0.15) is 0 Å². The smallest absolute Gasteiger partial charge is 0.337 e. The van der Waals surface area contributed by atoms with Crippen molar-refractivity contribution >= 4 is 17.7 Å². The summed E-state index contributed by atoms with van der Waals surface area (Å²) in [6, 6.07) is 13.5. The summed E-state index contributed by atoms with van der Waals surface area (Å²) in [7, 11) is 1.28. The third-order valence-corrected chi connectivity index (χ3v) is 3.85. The van der Waals surface area contributed by atoms with E-state index < -0.39 is 5.97 Å². The Kier molecular flexibility index (Phi) is 6.06. The number of hydrogen-bond donors (Lipinski definition) is 1. The van der Waals surface area contributed by atoms with E-state index in [2.05, 4.69) is 23.9 Å². The fourth-order valence-corrected chi connectivity index (χ4v) is 2.32. The van der Waals surface area contributed by atoms with Crippen LogP contribution in [0.1, 0.15) is 56.4 Å². The van der Waals surface area contributed by atoms with Gasteiger partial charge in [0.05, 0.1) is 19.2 Å². The number of ketones is 1. The average Bonchev–Trinajstić information content (AvgIpc) is 2.65. The van der Waals surface area contributed by atoms with Gasteiger partial charge in [-0.3, -0.25) is 9.59 Å². The van der Waals surface area contributed by atoms with Crippen molar-refractivity contribution < 1.29 is 19.1 Å². The fourth-order valence-electron chi connectivity index (χ4n) is 2.32. The summed E-state index contributed by atoms with van der Waals surface area (Å²) in [6.45, 7) is 4.02. The molecule has 2 aromatic rings. The maximum Gasteiger partial charge on any atom is 0.337 e. The highest BCUT2D eigenvalue weighted by Gasteiger charge is 2.13. The number of nitrogens with one attached hydrogen (secondary N) is 1. The molecule has 0 fully saturated rings. The minimum absolute atomic E-state index is 0.143. The zero-order valence-electron chi connectivity index (χ0n) is 14.5. The summed E-state index contributed by atoms with van der Waals surface area (Å²) < 4.78 is 4.63. The van der Waals surface area contributed by atoms with E-state index in [1.807, 2.05) is 12.1 Å². The molecule has 5 heteroatoms. The third kappa shape index (κ3) is 4.76. The Hall–Kier alpha value is -2.95. The molecule has 0 bridgehead atoms. The van der Waals surface area contributed by atoms with Crippen LogP contribution in [-0.4, -0.2) is 31.3 Å². The Morgan fingerprint density at radius 2 is 1.60 bits per heavy atom. The lowest BCUT2D eigenvalue weighted by atomic mass is 10.0. The zero-order valence-corrected chi connectivity index (χ0v) is 14.5. The number of carbonyl (C=O) groups excluding carboxylic acids is 3. The first-order valence-electron chi connectivity index (χ1n) is 8.02. The lowest BCUT2D eigenvalue weighted by Crippen LogP contribution is -2.29. The summed E-state index contributed by atoms with van der Waals surface area (Å²) in [5.74, 6) is -0.713. The molecule has 0 atom stereocenters. The molecule has 2 rings (SSSR count). The average molecular weight is 339 g/mol. The lowest BCUT2D eigenvalue weighted by molar-refractivity contribution is 0.0600. The molecule has 2 aromatic carbocycles. The molecule has 0 spiro atoms. The van der Waals surface area contributed by atoms with Gasteiger partial charge in [0.2, 0.25) is 0 Å². The van der Waals surface area contributed by atoms with Crippen molar-refractivity contribution in [1.82, 2.24) is 5.32 Å². The Labute approximate surface area is 147 Å². The topological polar surface area (TPSA) is 72.5 Å². The largest absolute Gasteiger partial charge is 0.465 e. The van der Waals surface area contributed by atoms with Crippen LogP contribution in [0.25, 0.3) is 0 Å². The van der Waals surface area contributed by atoms with Crippen LogP contribution in [0.2, 0.25) is 0 Å². The highest BCUT2D eigenvalue weighted by atomic mass is 16.5. The summed E-state index contributed by atoms with van der Waals surface area (Å²) in [5.41, 5.74) is 2.29. The van der Waals surface area contributed by atoms with E-state index in [1.54, 1.807) is 30.3 Å². The van der Waals surface area contributed by atoms with Crippen molar-refractivity contribution in [3.8, 4) is 0 Å². The maximum absolute atomic E-state index is 12.2. The lowest BCUT2D eigenvalue weighted by Gasteiger charge is -2.08. The first kappa shape index (κ1) is 18.4. The molecule has 0 aromatic heterocycles. The summed E-state index contributed by atoms with van der Waals surface area (Å²) in [5, 5.41) is 2.60. The Morgan fingerprint density at radius 1 is 0.960 bits per heavy atom. The number of carbonyl (C=O) groups is 3. The SMILES string of the molecule is COC(=O)c1cccc(C(=O)CNC(=O)c2ccc(C(C)C)cc2)c1. The molecule has 0 heterocycles. The zero-order chi connectivity index (χ0) is 18.4. The van der Waals surface area contributed by atoms with E-state index in [4.69, 9.17) is 0 Å². The molecular formula is C20H21NO4. The monoisotopic (exact) mass is 339 g/mol. The van der Waals surface area contributed by atoms with E-state index in [0.29, 0.717) is 22.6 Å². The molecule has 0 saturated carbocycles. The quantitative estimate of drug-likeness (QED) is 0.648. The Balaban J connectivity index is 1.99. The van der Waals surface area contributed by atoms with E-state index in [0.717, 1.165) is 5.56 Å². The second-order valence-electron chi connectivity index (χ2n) is 5.95. The van der Waals surface area contributed by atoms with Crippen LogP contribution < -0.4 is 5.32 Å². The van der Waals surface area contributed by atoms with Crippen LogP contribution in [0.5, 0.6) is 0 Å². The van der Waals surface area contributed by atoms with Gasteiger partial charge in [0.25, 0.3) is 5.91 Å². The molecule has 0 aliphatic carbocycles. The minimum atomic E-state index is -0.510. The highest BCUT2D eigenvalue weighted by molar-refractivity contribution is 6.03. The number of hydrogen-bond acceptors (Lipinski definition) is 4. The number of rotatable bonds is 6. The molecule has 130 valence electrons. The van der Waals surface area contributed by atoms with Gasteiger partial charge in [-0.2, -0.15) is 0 Å². The molecule has 0 saturated heterocycles. The van der Waals surface area contributed by atoms with Crippen molar-refractivity contribution in [1.29, 1.82) is 0 Å². The van der Waals surface area contributed by atoms with Crippen LogP contribution in [0.15, 0.2) is 48.5 Å². The first-order valence-corrected chi connectivity index (χ1v) is 8.02. The maximum atomic E-state index is 12.2. The molecule has 1 amide bonds. The van der Waals surface area contributed by atoms with Gasteiger partial charge in [-0.25, -0.2) is 4.79 Å². The Morgan fingerprint density at radius 3 is 2.20 bits per heavy atom. The molecule has 1 N–H and O–H groups in total. The van der Waals surface area contributed by atoms with Crippen molar-refractivity contribution in [3.05, 3.63) is 70.8 Å². The van der Waals surface area contributed by atoms with Crippen LogP contribution in [-0.2, 0) is 4.74 Å². The van der Waals surface area contributed by atoms with Gasteiger partial charge in [-0.05, 0) is 35.7 Å². The second kappa shape index (κ2) is 8.24. The van der Waals surface area contributed by atoms with E-state index in [9.17, 15) is 14.4 Å². The van der Waals surface area contributed by atoms with Crippen LogP contribution in [0.3, 0.4) is 0 Å². The number of methoxy groups -OCH3 is 1. The van der Waals surface area contributed by atoms with Gasteiger partial charge in [-0.1, -0.05) is 38.1 Å². The van der Waals surface area contributed by atoms with E-state index in [-0.39, 0.29) is 18.2 Å².